The van der Waals surface area contributed by atoms with Crippen molar-refractivity contribution in [2.45, 2.75) is 33.3 Å². The number of rotatable bonds is 1. The van der Waals surface area contributed by atoms with Crippen LogP contribution in [0.4, 0.5) is 0 Å². The molecule has 0 aromatic heterocycles. The number of esters is 1. The first-order chi connectivity index (χ1) is 5.90. The maximum Gasteiger partial charge on any atom is 0.334 e. The van der Waals surface area contributed by atoms with Gasteiger partial charge in [0.15, 0.2) is 0 Å². The van der Waals surface area contributed by atoms with E-state index < -0.39 is 5.60 Å². The molecular formula is C10H17NO2. The van der Waals surface area contributed by atoms with Crippen molar-refractivity contribution >= 4 is 5.97 Å². The van der Waals surface area contributed by atoms with Crippen LogP contribution in [0.15, 0.2) is 11.1 Å². The number of carbonyl (C=O) groups is 1. The van der Waals surface area contributed by atoms with Crippen molar-refractivity contribution in [3.63, 3.8) is 0 Å². The minimum atomic E-state index is -0.393. The molecule has 0 amide bonds. The Balaban J connectivity index is 2.58. The molecule has 0 atom stereocenters. The monoisotopic (exact) mass is 183 g/mol. The van der Waals surface area contributed by atoms with Gasteiger partial charge in [0, 0.05) is 18.7 Å². The number of nitrogens with one attached hydrogen (secondary N) is 1. The van der Waals surface area contributed by atoms with Gasteiger partial charge in [-0.1, -0.05) is 0 Å². The summed E-state index contributed by atoms with van der Waals surface area (Å²) in [7, 11) is 0. The van der Waals surface area contributed by atoms with Gasteiger partial charge in [-0.2, -0.15) is 0 Å². The van der Waals surface area contributed by atoms with Gasteiger partial charge in [0.25, 0.3) is 0 Å². The SMILES string of the molecule is CC(C(=O)OC(C)(C)C)=C1CNC1. The molecule has 3 heteroatoms. The maximum atomic E-state index is 11.5. The zero-order valence-electron chi connectivity index (χ0n) is 8.73. The van der Waals surface area contributed by atoms with Gasteiger partial charge in [0.05, 0.1) is 0 Å². The fraction of sp³-hybridized carbons (Fsp3) is 0.700. The van der Waals surface area contributed by atoms with Crippen molar-refractivity contribution in [1.29, 1.82) is 0 Å². The molecule has 13 heavy (non-hydrogen) atoms. The molecule has 0 aromatic carbocycles. The number of hydrogen-bond donors (Lipinski definition) is 1. The Morgan fingerprint density at radius 1 is 1.38 bits per heavy atom. The molecule has 0 unspecified atom stereocenters. The second-order valence-corrected chi connectivity index (χ2v) is 4.33. The van der Waals surface area contributed by atoms with Gasteiger partial charge in [0.2, 0.25) is 0 Å². The van der Waals surface area contributed by atoms with Crippen LogP contribution in [0.1, 0.15) is 27.7 Å². The molecule has 0 spiro atoms. The molecule has 3 nitrogen and oxygen atoms in total. The zero-order chi connectivity index (χ0) is 10.1. The van der Waals surface area contributed by atoms with Crippen LogP contribution in [-0.2, 0) is 9.53 Å². The Kier molecular flexibility index (Phi) is 2.76. The summed E-state index contributed by atoms with van der Waals surface area (Å²) >= 11 is 0. The van der Waals surface area contributed by atoms with Gasteiger partial charge in [-0.25, -0.2) is 4.79 Å². The average molecular weight is 183 g/mol. The van der Waals surface area contributed by atoms with Crippen LogP contribution in [0.25, 0.3) is 0 Å². The van der Waals surface area contributed by atoms with Gasteiger partial charge in [0.1, 0.15) is 5.60 Å². The minimum Gasteiger partial charge on any atom is -0.457 e. The smallest absolute Gasteiger partial charge is 0.334 e. The third kappa shape index (κ3) is 2.84. The van der Waals surface area contributed by atoms with Crippen LogP contribution in [0.3, 0.4) is 0 Å². The summed E-state index contributed by atoms with van der Waals surface area (Å²) in [5, 5.41) is 3.09. The van der Waals surface area contributed by atoms with Crippen LogP contribution in [-0.4, -0.2) is 24.7 Å². The predicted molar refractivity (Wildman–Crippen MR) is 51.4 cm³/mol. The van der Waals surface area contributed by atoms with E-state index in [-0.39, 0.29) is 5.97 Å². The van der Waals surface area contributed by atoms with E-state index in [1.807, 2.05) is 27.7 Å². The highest BCUT2D eigenvalue weighted by Gasteiger charge is 2.21. The second kappa shape index (κ2) is 3.50. The lowest BCUT2D eigenvalue weighted by atomic mass is 10.0. The van der Waals surface area contributed by atoms with Crippen molar-refractivity contribution in [3.8, 4) is 0 Å². The topological polar surface area (TPSA) is 38.3 Å². The third-order valence-electron chi connectivity index (χ3n) is 1.91. The van der Waals surface area contributed by atoms with Crippen LogP contribution in [0.2, 0.25) is 0 Å². The molecule has 1 heterocycles. The van der Waals surface area contributed by atoms with E-state index in [1.54, 1.807) is 0 Å². The van der Waals surface area contributed by atoms with Crippen molar-refractivity contribution < 1.29 is 9.53 Å². The Hall–Kier alpha value is -0.830. The summed E-state index contributed by atoms with van der Waals surface area (Å²) in [6.45, 7) is 9.10. The number of ether oxygens (including phenoxy) is 1. The first-order valence-corrected chi connectivity index (χ1v) is 4.53. The molecule has 0 radical (unpaired) electrons. The Bertz CT molecular complexity index is 242. The van der Waals surface area contributed by atoms with Crippen molar-refractivity contribution in [1.82, 2.24) is 5.32 Å². The quantitative estimate of drug-likeness (QED) is 0.491. The first kappa shape index (κ1) is 10.3. The molecule has 0 aliphatic carbocycles. The van der Waals surface area contributed by atoms with E-state index in [9.17, 15) is 4.79 Å². The average Bonchev–Trinajstić information content (AvgIpc) is 1.78. The van der Waals surface area contributed by atoms with Crippen LogP contribution >= 0.6 is 0 Å². The summed E-state index contributed by atoms with van der Waals surface area (Å²) in [5.41, 5.74) is 1.53. The summed E-state index contributed by atoms with van der Waals surface area (Å²) in [4.78, 5) is 11.5. The first-order valence-electron chi connectivity index (χ1n) is 4.53. The molecule has 1 rings (SSSR count). The second-order valence-electron chi connectivity index (χ2n) is 4.33. The molecule has 74 valence electrons. The normalized spacial score (nSPS) is 16.5. The van der Waals surface area contributed by atoms with Crippen molar-refractivity contribution in [2.24, 2.45) is 0 Å². The highest BCUT2D eigenvalue weighted by Crippen LogP contribution is 2.15. The summed E-state index contributed by atoms with van der Waals surface area (Å²) < 4.78 is 5.23. The number of hydrogen-bond acceptors (Lipinski definition) is 3. The van der Waals surface area contributed by atoms with Crippen LogP contribution in [0.5, 0.6) is 0 Å². The van der Waals surface area contributed by atoms with E-state index in [0.717, 1.165) is 24.2 Å². The highest BCUT2D eigenvalue weighted by atomic mass is 16.6. The fourth-order valence-corrected chi connectivity index (χ4v) is 1.01. The lowest BCUT2D eigenvalue weighted by Crippen LogP contribution is -2.36. The molecule has 0 bridgehead atoms. The zero-order valence-corrected chi connectivity index (χ0v) is 8.73. The van der Waals surface area contributed by atoms with Gasteiger partial charge >= 0.3 is 5.97 Å². The standard InChI is InChI=1S/C10H17NO2/c1-7(8-5-11-6-8)9(12)13-10(2,3)4/h11H,5-6H2,1-4H3. The minimum absolute atomic E-state index is 0.191. The van der Waals surface area contributed by atoms with E-state index >= 15 is 0 Å². The Morgan fingerprint density at radius 3 is 2.23 bits per heavy atom. The predicted octanol–water partition coefficient (Wildman–Crippen LogP) is 1.25. The number of carbonyl (C=O) groups excluding carboxylic acids is 1. The van der Waals surface area contributed by atoms with Crippen LogP contribution in [0, 0.1) is 0 Å². The van der Waals surface area contributed by atoms with E-state index in [0.29, 0.717) is 0 Å². The van der Waals surface area contributed by atoms with E-state index in [1.165, 1.54) is 0 Å². The van der Waals surface area contributed by atoms with E-state index in [4.69, 9.17) is 4.74 Å². The Labute approximate surface area is 79.2 Å². The van der Waals surface area contributed by atoms with Gasteiger partial charge in [-0.3, -0.25) is 0 Å². The maximum absolute atomic E-state index is 11.5. The molecule has 1 N–H and O–H groups in total. The molecule has 0 aromatic rings. The molecule has 0 saturated carbocycles. The highest BCUT2D eigenvalue weighted by molar-refractivity contribution is 5.89. The molecule has 1 aliphatic heterocycles. The van der Waals surface area contributed by atoms with Gasteiger partial charge in [-0.15, -0.1) is 0 Å². The summed E-state index contributed by atoms with van der Waals surface area (Å²) in [6, 6.07) is 0. The summed E-state index contributed by atoms with van der Waals surface area (Å²) in [5.74, 6) is -0.191. The van der Waals surface area contributed by atoms with Gasteiger partial charge in [-0.05, 0) is 33.3 Å². The van der Waals surface area contributed by atoms with Crippen LogP contribution < -0.4 is 5.32 Å². The van der Waals surface area contributed by atoms with Crippen molar-refractivity contribution in [2.75, 3.05) is 13.1 Å². The lowest BCUT2D eigenvalue weighted by molar-refractivity contribution is -0.149. The largest absolute Gasteiger partial charge is 0.457 e. The molecule has 1 fully saturated rings. The van der Waals surface area contributed by atoms with Gasteiger partial charge < -0.3 is 10.1 Å². The lowest BCUT2D eigenvalue weighted by Gasteiger charge is -2.24. The fourth-order valence-electron chi connectivity index (χ4n) is 1.01. The summed E-state index contributed by atoms with van der Waals surface area (Å²) in [6.07, 6.45) is 0. The van der Waals surface area contributed by atoms with Crippen molar-refractivity contribution in [3.05, 3.63) is 11.1 Å². The molecular weight excluding hydrogens is 166 g/mol. The third-order valence-corrected chi connectivity index (χ3v) is 1.91. The van der Waals surface area contributed by atoms with E-state index in [2.05, 4.69) is 5.32 Å². The Morgan fingerprint density at radius 2 is 1.92 bits per heavy atom. The molecule has 1 aliphatic rings. The molecule has 1 saturated heterocycles.